The lowest BCUT2D eigenvalue weighted by atomic mass is 9.88. The molecule has 0 spiro atoms. The SMILES string of the molecule is CN(C(=O)c1c(F)cccc1Cl)c1ncc(-c2cc(C(N)=O)ccc2Cl)cc1C1CCCCC(F)CCC1. The van der Waals surface area contributed by atoms with E-state index < -0.39 is 23.8 Å². The first-order valence-corrected chi connectivity index (χ1v) is 13.4. The number of carbonyl (C=O) groups is 2. The highest BCUT2D eigenvalue weighted by atomic mass is 35.5. The molecule has 0 aliphatic heterocycles. The first-order valence-electron chi connectivity index (χ1n) is 12.6. The fourth-order valence-corrected chi connectivity index (χ4v) is 5.48. The predicted octanol–water partition coefficient (Wildman–Crippen LogP) is 7.74. The Labute approximate surface area is 230 Å². The van der Waals surface area contributed by atoms with Gasteiger partial charge in [-0.25, -0.2) is 13.8 Å². The summed E-state index contributed by atoms with van der Waals surface area (Å²) < 4.78 is 28.8. The van der Waals surface area contributed by atoms with Crippen molar-refractivity contribution in [3.63, 3.8) is 0 Å². The minimum absolute atomic E-state index is 0.00602. The summed E-state index contributed by atoms with van der Waals surface area (Å²) >= 11 is 12.7. The summed E-state index contributed by atoms with van der Waals surface area (Å²) in [6.45, 7) is 0. The Balaban J connectivity index is 1.82. The molecule has 3 aromatic rings. The highest BCUT2D eigenvalue weighted by Gasteiger charge is 2.27. The second-order valence-corrected chi connectivity index (χ2v) is 10.5. The van der Waals surface area contributed by atoms with E-state index in [1.54, 1.807) is 24.4 Å². The number of benzene rings is 2. The van der Waals surface area contributed by atoms with Crippen LogP contribution in [0.3, 0.4) is 0 Å². The Bertz CT molecular complexity index is 1330. The zero-order chi connectivity index (χ0) is 27.4. The zero-order valence-corrected chi connectivity index (χ0v) is 22.5. The summed E-state index contributed by atoms with van der Waals surface area (Å²) in [7, 11) is 1.53. The normalized spacial score (nSPS) is 18.2. The van der Waals surface area contributed by atoms with Crippen LogP contribution < -0.4 is 10.6 Å². The van der Waals surface area contributed by atoms with Crippen LogP contribution in [-0.4, -0.2) is 30.0 Å². The van der Waals surface area contributed by atoms with Crippen LogP contribution in [0.15, 0.2) is 48.7 Å². The van der Waals surface area contributed by atoms with Gasteiger partial charge in [-0.3, -0.25) is 14.5 Å². The van der Waals surface area contributed by atoms with Gasteiger partial charge < -0.3 is 5.73 Å². The standard InChI is InChI=1S/C29H29Cl2F2N3O2/c1-36(29(38)26-24(31)10-5-11-25(26)33)28-22(17-6-2-3-8-20(32)9-4-7-17)15-19(16-35-28)21-14-18(27(34)37)12-13-23(21)30/h5,10-17,20H,2-4,6-9H2,1H3,(H2,34,37). The highest BCUT2D eigenvalue weighted by molar-refractivity contribution is 6.34. The molecule has 0 radical (unpaired) electrons. The summed E-state index contributed by atoms with van der Waals surface area (Å²) in [6.07, 6.45) is 5.52. The van der Waals surface area contributed by atoms with Crippen molar-refractivity contribution in [1.82, 2.24) is 4.98 Å². The maximum atomic E-state index is 14.6. The number of primary amides is 1. The molecular weight excluding hydrogens is 531 g/mol. The van der Waals surface area contributed by atoms with Gasteiger partial charge in [-0.2, -0.15) is 0 Å². The molecule has 1 aliphatic rings. The van der Waals surface area contributed by atoms with Gasteiger partial charge in [0, 0.05) is 35.0 Å². The maximum absolute atomic E-state index is 14.6. The summed E-state index contributed by atoms with van der Waals surface area (Å²) in [5.74, 6) is -1.60. The van der Waals surface area contributed by atoms with Crippen molar-refractivity contribution in [3.8, 4) is 11.1 Å². The summed E-state index contributed by atoms with van der Waals surface area (Å²) in [5, 5.41) is 0.416. The number of hydrogen-bond acceptors (Lipinski definition) is 3. The number of alkyl halides is 1. The van der Waals surface area contributed by atoms with E-state index in [0.29, 0.717) is 53.2 Å². The lowest BCUT2D eigenvalue weighted by Crippen LogP contribution is -2.29. The first kappa shape index (κ1) is 28.0. The van der Waals surface area contributed by atoms with Gasteiger partial charge in [-0.05, 0) is 80.0 Å². The molecule has 1 aromatic heterocycles. The van der Waals surface area contributed by atoms with Crippen LogP contribution in [0, 0.1) is 5.82 Å². The number of pyridine rings is 1. The van der Waals surface area contributed by atoms with Crippen molar-refractivity contribution in [1.29, 1.82) is 0 Å². The van der Waals surface area contributed by atoms with Gasteiger partial charge in [0.05, 0.1) is 10.6 Å². The number of carbonyl (C=O) groups excluding carboxylic acids is 2. The summed E-state index contributed by atoms with van der Waals surface area (Å²) in [5.41, 5.74) is 7.52. The second kappa shape index (κ2) is 12.2. The Morgan fingerprint density at radius 1 is 1.00 bits per heavy atom. The Kier molecular flexibility index (Phi) is 9.00. The van der Waals surface area contributed by atoms with E-state index in [1.807, 2.05) is 6.07 Å². The lowest BCUT2D eigenvalue weighted by molar-refractivity contribution is 0.0984. The van der Waals surface area contributed by atoms with Gasteiger partial charge >= 0.3 is 0 Å². The average Bonchev–Trinajstić information content (AvgIpc) is 2.99. The Hall–Kier alpha value is -3.03. The number of aromatic nitrogens is 1. The van der Waals surface area contributed by atoms with Gasteiger partial charge in [0.1, 0.15) is 17.8 Å². The third kappa shape index (κ3) is 6.16. The predicted molar refractivity (Wildman–Crippen MR) is 147 cm³/mol. The van der Waals surface area contributed by atoms with E-state index in [-0.39, 0.29) is 16.5 Å². The highest BCUT2D eigenvalue weighted by Crippen LogP contribution is 2.39. The lowest BCUT2D eigenvalue weighted by Gasteiger charge is -2.26. The summed E-state index contributed by atoms with van der Waals surface area (Å²) in [4.78, 5) is 31.1. The van der Waals surface area contributed by atoms with Crippen LogP contribution in [-0.2, 0) is 0 Å². The van der Waals surface area contributed by atoms with Crippen LogP contribution in [0.5, 0.6) is 0 Å². The molecule has 1 heterocycles. The molecule has 200 valence electrons. The monoisotopic (exact) mass is 559 g/mol. The second-order valence-electron chi connectivity index (χ2n) is 9.67. The van der Waals surface area contributed by atoms with Gasteiger partial charge in [-0.1, -0.05) is 42.1 Å². The van der Waals surface area contributed by atoms with Crippen molar-refractivity contribution in [2.45, 2.75) is 57.0 Å². The molecule has 1 saturated carbocycles. The third-order valence-electron chi connectivity index (χ3n) is 7.09. The molecule has 2 unspecified atom stereocenters. The molecule has 2 aromatic carbocycles. The van der Waals surface area contributed by atoms with Crippen molar-refractivity contribution >= 4 is 40.8 Å². The molecule has 0 saturated heterocycles. The maximum Gasteiger partial charge on any atom is 0.263 e. The minimum atomic E-state index is -0.819. The molecule has 9 heteroatoms. The van der Waals surface area contributed by atoms with E-state index in [1.165, 1.54) is 30.1 Å². The van der Waals surface area contributed by atoms with Crippen LogP contribution in [0.2, 0.25) is 10.0 Å². The molecule has 2 N–H and O–H groups in total. The largest absolute Gasteiger partial charge is 0.366 e. The quantitative estimate of drug-likeness (QED) is 0.347. The summed E-state index contributed by atoms with van der Waals surface area (Å²) in [6, 6.07) is 10.7. The van der Waals surface area contributed by atoms with Crippen molar-refractivity contribution in [2.75, 3.05) is 11.9 Å². The average molecular weight is 560 g/mol. The molecule has 38 heavy (non-hydrogen) atoms. The van der Waals surface area contributed by atoms with Gasteiger partial charge in [0.2, 0.25) is 5.91 Å². The first-order chi connectivity index (χ1) is 18.2. The van der Waals surface area contributed by atoms with Crippen LogP contribution in [0.4, 0.5) is 14.6 Å². The number of amides is 2. The van der Waals surface area contributed by atoms with Gasteiger partial charge in [-0.15, -0.1) is 0 Å². The van der Waals surface area contributed by atoms with E-state index in [4.69, 9.17) is 28.9 Å². The fourth-order valence-electron chi connectivity index (χ4n) is 5.01. The van der Waals surface area contributed by atoms with Crippen molar-refractivity contribution < 1.29 is 18.4 Å². The number of halogens is 4. The topological polar surface area (TPSA) is 76.3 Å². The number of nitrogens with zero attached hydrogens (tertiary/aromatic N) is 2. The van der Waals surface area contributed by atoms with Gasteiger partial charge in [0.15, 0.2) is 0 Å². The number of hydrogen-bond donors (Lipinski definition) is 1. The number of nitrogens with two attached hydrogens (primary N) is 1. The molecular formula is C29H29Cl2F2N3O2. The van der Waals surface area contributed by atoms with Crippen LogP contribution >= 0.6 is 23.2 Å². The molecule has 2 atom stereocenters. The number of anilines is 1. The molecule has 2 amide bonds. The van der Waals surface area contributed by atoms with E-state index in [2.05, 4.69) is 4.98 Å². The Morgan fingerprint density at radius 2 is 1.71 bits per heavy atom. The Morgan fingerprint density at radius 3 is 2.45 bits per heavy atom. The number of rotatable bonds is 5. The fraction of sp³-hybridized carbons (Fsp3) is 0.345. The van der Waals surface area contributed by atoms with E-state index >= 15 is 0 Å². The van der Waals surface area contributed by atoms with E-state index in [0.717, 1.165) is 24.8 Å². The van der Waals surface area contributed by atoms with Crippen LogP contribution in [0.1, 0.15) is 77.1 Å². The zero-order valence-electron chi connectivity index (χ0n) is 21.0. The molecule has 1 aliphatic carbocycles. The molecule has 1 fully saturated rings. The third-order valence-corrected chi connectivity index (χ3v) is 7.73. The molecule has 4 rings (SSSR count). The van der Waals surface area contributed by atoms with Crippen molar-refractivity contribution in [2.24, 2.45) is 5.73 Å². The molecule has 5 nitrogen and oxygen atoms in total. The van der Waals surface area contributed by atoms with Crippen LogP contribution in [0.25, 0.3) is 11.1 Å². The molecule has 0 bridgehead atoms. The van der Waals surface area contributed by atoms with E-state index in [9.17, 15) is 18.4 Å². The smallest absolute Gasteiger partial charge is 0.263 e. The van der Waals surface area contributed by atoms with Crippen molar-refractivity contribution in [3.05, 3.63) is 81.2 Å². The minimum Gasteiger partial charge on any atom is -0.366 e. The van der Waals surface area contributed by atoms with Gasteiger partial charge in [0.25, 0.3) is 5.91 Å².